The van der Waals surface area contributed by atoms with Gasteiger partial charge in [-0.15, -0.1) is 0 Å². The molecule has 18 heavy (non-hydrogen) atoms. The lowest BCUT2D eigenvalue weighted by Gasteiger charge is -2.21. The molecule has 0 radical (unpaired) electrons. The lowest BCUT2D eigenvalue weighted by atomic mass is 10.2. The van der Waals surface area contributed by atoms with E-state index in [4.69, 9.17) is 0 Å². The zero-order chi connectivity index (χ0) is 13.3. The quantitative estimate of drug-likeness (QED) is 0.783. The predicted molar refractivity (Wildman–Crippen MR) is 68.9 cm³/mol. The summed E-state index contributed by atoms with van der Waals surface area (Å²) in [5, 5.41) is 0. The van der Waals surface area contributed by atoms with Crippen molar-refractivity contribution in [2.45, 2.75) is 37.6 Å². The van der Waals surface area contributed by atoms with Crippen molar-refractivity contribution in [3.63, 3.8) is 0 Å². The van der Waals surface area contributed by atoms with E-state index in [2.05, 4.69) is 0 Å². The van der Waals surface area contributed by atoms with Gasteiger partial charge in [-0.05, 0) is 38.3 Å². The van der Waals surface area contributed by atoms with Gasteiger partial charge in [0, 0.05) is 6.54 Å². The number of sulfonamides is 1. The van der Waals surface area contributed by atoms with Crippen LogP contribution in [0.4, 0.5) is 0 Å². The van der Waals surface area contributed by atoms with E-state index < -0.39 is 16.1 Å². The van der Waals surface area contributed by atoms with Crippen LogP contribution >= 0.6 is 0 Å². The van der Waals surface area contributed by atoms with Gasteiger partial charge in [-0.2, -0.15) is 4.31 Å². The zero-order valence-electron chi connectivity index (χ0n) is 10.6. The van der Waals surface area contributed by atoms with Gasteiger partial charge in [0.15, 0.2) is 0 Å². The Bertz CT molecular complexity index is 566. The number of aryl methyl sites for hydroxylation is 2. The Kier molecular flexibility index (Phi) is 3.54. The van der Waals surface area contributed by atoms with Crippen LogP contribution in [-0.4, -0.2) is 31.6 Å². The van der Waals surface area contributed by atoms with Gasteiger partial charge in [0.05, 0.1) is 10.9 Å². The van der Waals surface area contributed by atoms with Crippen molar-refractivity contribution in [2.24, 2.45) is 0 Å². The molecule has 0 bridgehead atoms. The van der Waals surface area contributed by atoms with Crippen LogP contribution in [0.25, 0.3) is 0 Å². The van der Waals surface area contributed by atoms with Gasteiger partial charge in [-0.1, -0.05) is 17.7 Å². The van der Waals surface area contributed by atoms with E-state index in [1.165, 1.54) is 4.31 Å². The number of carbonyl (C=O) groups is 1. The maximum absolute atomic E-state index is 12.5. The van der Waals surface area contributed by atoms with Gasteiger partial charge < -0.3 is 4.79 Å². The summed E-state index contributed by atoms with van der Waals surface area (Å²) in [4.78, 5) is 11.2. The molecular formula is C13H17NO3S. The highest BCUT2D eigenvalue weighted by atomic mass is 32.2. The maximum atomic E-state index is 12.5. The van der Waals surface area contributed by atoms with Crippen LogP contribution in [0.1, 0.15) is 24.0 Å². The van der Waals surface area contributed by atoms with Gasteiger partial charge in [0.1, 0.15) is 6.29 Å². The monoisotopic (exact) mass is 267 g/mol. The maximum Gasteiger partial charge on any atom is 0.243 e. The van der Waals surface area contributed by atoms with Crippen LogP contribution in [0, 0.1) is 13.8 Å². The third kappa shape index (κ3) is 2.20. The Hall–Kier alpha value is -1.20. The molecule has 98 valence electrons. The van der Waals surface area contributed by atoms with E-state index in [1.807, 2.05) is 13.0 Å². The second-order valence-electron chi connectivity index (χ2n) is 4.73. The third-order valence-electron chi connectivity index (χ3n) is 3.32. The number of benzene rings is 1. The molecule has 1 atom stereocenters. The van der Waals surface area contributed by atoms with E-state index in [-0.39, 0.29) is 0 Å². The highest BCUT2D eigenvalue weighted by Gasteiger charge is 2.35. The van der Waals surface area contributed by atoms with Crippen molar-refractivity contribution >= 4 is 16.3 Å². The smallest absolute Gasteiger partial charge is 0.243 e. The average molecular weight is 267 g/mol. The fraction of sp³-hybridized carbons (Fsp3) is 0.462. The fourth-order valence-corrected chi connectivity index (χ4v) is 4.26. The van der Waals surface area contributed by atoms with E-state index in [9.17, 15) is 13.2 Å². The van der Waals surface area contributed by atoms with Crippen molar-refractivity contribution in [2.75, 3.05) is 6.54 Å². The van der Waals surface area contributed by atoms with Crippen molar-refractivity contribution in [3.8, 4) is 0 Å². The molecule has 4 nitrogen and oxygen atoms in total. The van der Waals surface area contributed by atoms with E-state index in [1.54, 1.807) is 19.1 Å². The highest BCUT2D eigenvalue weighted by molar-refractivity contribution is 7.89. The first-order chi connectivity index (χ1) is 8.46. The topological polar surface area (TPSA) is 54.5 Å². The van der Waals surface area contributed by atoms with E-state index in [0.29, 0.717) is 17.9 Å². The number of hydrogen-bond acceptors (Lipinski definition) is 3. The summed E-state index contributed by atoms with van der Waals surface area (Å²) in [6.45, 7) is 4.14. The van der Waals surface area contributed by atoms with Gasteiger partial charge in [0.2, 0.25) is 10.0 Å². The molecule has 1 aliphatic rings. The zero-order valence-corrected chi connectivity index (χ0v) is 11.4. The van der Waals surface area contributed by atoms with Crippen molar-refractivity contribution < 1.29 is 13.2 Å². The van der Waals surface area contributed by atoms with Crippen LogP contribution in [0.2, 0.25) is 0 Å². The first kappa shape index (κ1) is 13.2. The van der Waals surface area contributed by atoms with Gasteiger partial charge in [-0.3, -0.25) is 0 Å². The lowest BCUT2D eigenvalue weighted by Crippen LogP contribution is -2.36. The second-order valence-corrected chi connectivity index (χ2v) is 6.59. The summed E-state index contributed by atoms with van der Waals surface area (Å²) in [6, 6.07) is 4.75. The molecule has 0 saturated carbocycles. The molecule has 0 N–H and O–H groups in total. The molecule has 1 unspecified atom stereocenters. The Morgan fingerprint density at radius 1 is 1.33 bits per heavy atom. The summed E-state index contributed by atoms with van der Waals surface area (Å²) in [5.74, 6) is 0. The number of hydrogen-bond donors (Lipinski definition) is 0. The molecule has 0 amide bonds. The largest absolute Gasteiger partial charge is 0.302 e. The minimum Gasteiger partial charge on any atom is -0.302 e. The van der Waals surface area contributed by atoms with Crippen LogP contribution in [-0.2, 0) is 14.8 Å². The average Bonchev–Trinajstić information content (AvgIpc) is 2.76. The molecule has 5 heteroatoms. The highest BCUT2D eigenvalue weighted by Crippen LogP contribution is 2.27. The molecule has 0 spiro atoms. The van der Waals surface area contributed by atoms with Gasteiger partial charge in [0.25, 0.3) is 0 Å². The fourth-order valence-electron chi connectivity index (χ4n) is 2.42. The summed E-state index contributed by atoms with van der Waals surface area (Å²) in [6.07, 6.45) is 2.09. The van der Waals surface area contributed by atoms with Crippen molar-refractivity contribution in [3.05, 3.63) is 29.3 Å². The summed E-state index contributed by atoms with van der Waals surface area (Å²) in [7, 11) is -3.55. The van der Waals surface area contributed by atoms with Crippen LogP contribution < -0.4 is 0 Å². The first-order valence-corrected chi connectivity index (χ1v) is 7.45. The normalized spacial score (nSPS) is 21.1. The third-order valence-corrected chi connectivity index (χ3v) is 5.41. The molecule has 0 aromatic heterocycles. The predicted octanol–water partition coefficient (Wildman–Crippen LogP) is 1.66. The molecule has 1 heterocycles. The Morgan fingerprint density at radius 2 is 2.06 bits per heavy atom. The first-order valence-electron chi connectivity index (χ1n) is 6.01. The summed E-state index contributed by atoms with van der Waals surface area (Å²) >= 11 is 0. The summed E-state index contributed by atoms with van der Waals surface area (Å²) in [5.41, 5.74) is 1.76. The number of aldehydes is 1. The molecule has 0 aliphatic carbocycles. The molecule has 1 saturated heterocycles. The Balaban J connectivity index is 2.45. The second kappa shape index (κ2) is 4.82. The minimum atomic E-state index is -3.55. The molecule has 1 fully saturated rings. The van der Waals surface area contributed by atoms with Crippen molar-refractivity contribution in [1.82, 2.24) is 4.31 Å². The standard InChI is InChI=1S/C13H17NO3S/c1-10-5-6-13(11(2)8-10)18(16,17)14-7-3-4-12(14)9-15/h5-6,8-9,12H,3-4,7H2,1-2H3. The molecule has 1 aliphatic heterocycles. The minimum absolute atomic E-state index is 0.307. The van der Waals surface area contributed by atoms with Crippen molar-refractivity contribution in [1.29, 1.82) is 0 Å². The van der Waals surface area contributed by atoms with E-state index >= 15 is 0 Å². The van der Waals surface area contributed by atoms with Crippen LogP contribution in [0.5, 0.6) is 0 Å². The number of carbonyl (C=O) groups excluding carboxylic acids is 1. The SMILES string of the molecule is Cc1ccc(S(=O)(=O)N2CCCC2C=O)c(C)c1. The lowest BCUT2D eigenvalue weighted by molar-refractivity contribution is -0.110. The molecule has 1 aromatic rings. The number of rotatable bonds is 3. The number of nitrogens with zero attached hydrogens (tertiary/aromatic N) is 1. The van der Waals surface area contributed by atoms with E-state index in [0.717, 1.165) is 23.8 Å². The Morgan fingerprint density at radius 3 is 2.67 bits per heavy atom. The molecule has 2 rings (SSSR count). The Labute approximate surface area is 108 Å². The van der Waals surface area contributed by atoms with Gasteiger partial charge >= 0.3 is 0 Å². The van der Waals surface area contributed by atoms with Crippen LogP contribution in [0.3, 0.4) is 0 Å². The van der Waals surface area contributed by atoms with Gasteiger partial charge in [-0.25, -0.2) is 8.42 Å². The summed E-state index contributed by atoms with van der Waals surface area (Å²) < 4.78 is 26.3. The molecule has 1 aromatic carbocycles. The van der Waals surface area contributed by atoms with Crippen LogP contribution in [0.15, 0.2) is 23.1 Å². The molecular weight excluding hydrogens is 250 g/mol.